The van der Waals surface area contributed by atoms with Crippen molar-refractivity contribution in [1.29, 1.82) is 0 Å². The molecule has 0 bridgehead atoms. The summed E-state index contributed by atoms with van der Waals surface area (Å²) >= 11 is 0. The first kappa shape index (κ1) is 12.8. The summed E-state index contributed by atoms with van der Waals surface area (Å²) in [6.45, 7) is 1.45. The topological polar surface area (TPSA) is 115 Å². The van der Waals surface area contributed by atoms with Crippen molar-refractivity contribution in [3.05, 3.63) is 36.5 Å². The summed E-state index contributed by atoms with van der Waals surface area (Å²) in [5.74, 6) is 0.647. The molecule has 0 radical (unpaired) electrons. The zero-order valence-electron chi connectivity index (χ0n) is 10.6. The highest BCUT2D eigenvalue weighted by molar-refractivity contribution is 5.65. The van der Waals surface area contributed by atoms with Crippen LogP contribution in [0.1, 0.15) is 0 Å². The average molecular weight is 258 g/mol. The van der Waals surface area contributed by atoms with Crippen LogP contribution < -0.4 is 27.8 Å². The fourth-order valence-electron chi connectivity index (χ4n) is 1.64. The smallest absolute Gasteiger partial charge is 0.149 e. The molecule has 0 atom stereocenters. The Balaban J connectivity index is 1.79. The van der Waals surface area contributed by atoms with E-state index in [2.05, 4.69) is 15.6 Å². The van der Waals surface area contributed by atoms with Crippen molar-refractivity contribution in [2.24, 2.45) is 0 Å². The molecule has 0 aliphatic heterocycles. The van der Waals surface area contributed by atoms with Gasteiger partial charge in [-0.3, -0.25) is 0 Å². The summed E-state index contributed by atoms with van der Waals surface area (Å²) in [4.78, 5) is 4.13. The third kappa shape index (κ3) is 3.67. The van der Waals surface area contributed by atoms with Gasteiger partial charge in [-0.05, 0) is 30.3 Å². The number of benzene rings is 1. The Kier molecular flexibility index (Phi) is 3.92. The van der Waals surface area contributed by atoms with Gasteiger partial charge >= 0.3 is 0 Å². The van der Waals surface area contributed by atoms with E-state index in [4.69, 9.17) is 17.2 Å². The minimum atomic E-state index is 0.549. The van der Waals surface area contributed by atoms with E-state index in [1.807, 2.05) is 24.3 Å². The molecule has 8 N–H and O–H groups in total. The van der Waals surface area contributed by atoms with E-state index >= 15 is 0 Å². The third-order valence-corrected chi connectivity index (χ3v) is 2.60. The summed E-state index contributed by atoms with van der Waals surface area (Å²) < 4.78 is 0. The number of nitrogens with zero attached hydrogens (tertiary/aromatic N) is 1. The van der Waals surface area contributed by atoms with Crippen LogP contribution in [0, 0.1) is 0 Å². The van der Waals surface area contributed by atoms with E-state index in [1.54, 1.807) is 12.3 Å². The number of nitrogens with one attached hydrogen (secondary N) is 2. The number of aromatic nitrogens is 1. The van der Waals surface area contributed by atoms with Gasteiger partial charge in [0.15, 0.2) is 0 Å². The Hall–Kier alpha value is -2.63. The number of nitrogen functional groups attached to an aromatic ring is 3. The van der Waals surface area contributed by atoms with E-state index in [-0.39, 0.29) is 0 Å². The molecule has 0 saturated carbocycles. The Morgan fingerprint density at radius 1 is 0.895 bits per heavy atom. The van der Waals surface area contributed by atoms with Crippen molar-refractivity contribution in [3.63, 3.8) is 0 Å². The molecule has 1 aromatic carbocycles. The Morgan fingerprint density at radius 3 is 2.26 bits per heavy atom. The molecule has 1 aromatic heterocycles. The summed E-state index contributed by atoms with van der Waals surface area (Å²) in [6, 6.07) is 9.27. The SMILES string of the molecule is Nc1ccc(NCCNc2ncc(N)cc2N)cc1. The molecule has 2 rings (SSSR count). The second kappa shape index (κ2) is 5.81. The molecule has 0 fully saturated rings. The first-order valence-corrected chi connectivity index (χ1v) is 5.99. The van der Waals surface area contributed by atoms with Crippen molar-refractivity contribution in [2.45, 2.75) is 0 Å². The number of anilines is 5. The molecule has 0 saturated heterocycles. The van der Waals surface area contributed by atoms with Crippen LogP contribution >= 0.6 is 0 Å². The lowest BCUT2D eigenvalue weighted by Gasteiger charge is -2.10. The minimum Gasteiger partial charge on any atom is -0.399 e. The number of rotatable bonds is 5. The lowest BCUT2D eigenvalue weighted by atomic mass is 10.3. The number of pyridine rings is 1. The molecule has 0 unspecified atom stereocenters. The molecule has 100 valence electrons. The second-order valence-electron chi connectivity index (χ2n) is 4.18. The molecule has 2 aromatic rings. The van der Waals surface area contributed by atoms with Gasteiger partial charge in [-0.1, -0.05) is 0 Å². The van der Waals surface area contributed by atoms with E-state index in [9.17, 15) is 0 Å². The van der Waals surface area contributed by atoms with Gasteiger partial charge in [-0.2, -0.15) is 0 Å². The standard InChI is InChI=1S/C13H18N6/c14-9-1-3-11(4-2-9)17-5-6-18-13-12(16)7-10(15)8-19-13/h1-4,7-8,17H,5-6,14-16H2,(H,18,19). The normalized spacial score (nSPS) is 10.1. The van der Waals surface area contributed by atoms with E-state index in [0.717, 1.165) is 17.9 Å². The highest BCUT2D eigenvalue weighted by Gasteiger charge is 2.00. The first-order valence-electron chi connectivity index (χ1n) is 5.99. The van der Waals surface area contributed by atoms with Gasteiger partial charge in [0.05, 0.1) is 17.6 Å². The van der Waals surface area contributed by atoms with Crippen LogP contribution in [0.4, 0.5) is 28.6 Å². The maximum Gasteiger partial charge on any atom is 0.149 e. The molecule has 0 spiro atoms. The van der Waals surface area contributed by atoms with Crippen LogP contribution in [-0.4, -0.2) is 18.1 Å². The van der Waals surface area contributed by atoms with E-state index in [1.165, 1.54) is 0 Å². The van der Waals surface area contributed by atoms with E-state index < -0.39 is 0 Å². The highest BCUT2D eigenvalue weighted by Crippen LogP contribution is 2.17. The van der Waals surface area contributed by atoms with Gasteiger partial charge in [0.25, 0.3) is 0 Å². The second-order valence-corrected chi connectivity index (χ2v) is 4.18. The van der Waals surface area contributed by atoms with Gasteiger partial charge in [0.1, 0.15) is 5.82 Å². The molecule has 0 amide bonds. The van der Waals surface area contributed by atoms with Crippen LogP contribution in [0.3, 0.4) is 0 Å². The van der Waals surface area contributed by atoms with Crippen molar-refractivity contribution in [3.8, 4) is 0 Å². The van der Waals surface area contributed by atoms with Crippen LogP contribution in [0.5, 0.6) is 0 Å². The Morgan fingerprint density at radius 2 is 1.58 bits per heavy atom. The zero-order chi connectivity index (χ0) is 13.7. The molecule has 19 heavy (non-hydrogen) atoms. The number of hydrogen-bond acceptors (Lipinski definition) is 6. The van der Waals surface area contributed by atoms with Gasteiger partial charge in [-0.15, -0.1) is 0 Å². The van der Waals surface area contributed by atoms with Crippen molar-refractivity contribution in [2.75, 3.05) is 40.9 Å². The fourth-order valence-corrected chi connectivity index (χ4v) is 1.64. The van der Waals surface area contributed by atoms with Gasteiger partial charge < -0.3 is 27.8 Å². The molecule has 0 aliphatic carbocycles. The van der Waals surface area contributed by atoms with Gasteiger partial charge in [0.2, 0.25) is 0 Å². The van der Waals surface area contributed by atoms with Crippen LogP contribution in [-0.2, 0) is 0 Å². The molecule has 0 aliphatic rings. The van der Waals surface area contributed by atoms with Crippen LogP contribution in [0.15, 0.2) is 36.5 Å². The predicted molar refractivity (Wildman–Crippen MR) is 80.9 cm³/mol. The minimum absolute atomic E-state index is 0.549. The summed E-state index contributed by atoms with van der Waals surface area (Å²) in [5, 5.41) is 6.40. The lowest BCUT2D eigenvalue weighted by Crippen LogP contribution is -2.15. The van der Waals surface area contributed by atoms with E-state index in [0.29, 0.717) is 23.7 Å². The van der Waals surface area contributed by atoms with Gasteiger partial charge in [0, 0.05) is 24.5 Å². The quantitative estimate of drug-likeness (QED) is 0.408. The van der Waals surface area contributed by atoms with Crippen LogP contribution in [0.25, 0.3) is 0 Å². The number of nitrogens with two attached hydrogens (primary N) is 3. The largest absolute Gasteiger partial charge is 0.399 e. The molecule has 1 heterocycles. The third-order valence-electron chi connectivity index (χ3n) is 2.60. The average Bonchev–Trinajstić information content (AvgIpc) is 2.39. The highest BCUT2D eigenvalue weighted by atomic mass is 15.0. The first-order chi connectivity index (χ1) is 9.15. The van der Waals surface area contributed by atoms with Crippen molar-refractivity contribution >= 4 is 28.6 Å². The molecular weight excluding hydrogens is 240 g/mol. The maximum absolute atomic E-state index is 5.79. The summed E-state index contributed by atoms with van der Waals surface area (Å²) in [6.07, 6.45) is 1.58. The van der Waals surface area contributed by atoms with Crippen molar-refractivity contribution in [1.82, 2.24) is 4.98 Å². The predicted octanol–water partition coefficient (Wildman–Crippen LogP) is 1.35. The summed E-state index contributed by atoms with van der Waals surface area (Å²) in [5.41, 5.74) is 19.9. The number of hydrogen-bond donors (Lipinski definition) is 5. The zero-order valence-corrected chi connectivity index (χ0v) is 10.6. The maximum atomic E-state index is 5.79. The fraction of sp³-hybridized carbons (Fsp3) is 0.154. The molecule has 6 heteroatoms. The summed E-state index contributed by atoms with van der Waals surface area (Å²) in [7, 11) is 0. The van der Waals surface area contributed by atoms with Gasteiger partial charge in [-0.25, -0.2) is 4.98 Å². The Bertz CT molecular complexity index is 537. The van der Waals surface area contributed by atoms with Crippen LogP contribution in [0.2, 0.25) is 0 Å². The van der Waals surface area contributed by atoms with Crippen molar-refractivity contribution < 1.29 is 0 Å². The monoisotopic (exact) mass is 258 g/mol. The Labute approximate surface area is 112 Å². The molecular formula is C13H18N6. The molecule has 6 nitrogen and oxygen atoms in total. The lowest BCUT2D eigenvalue weighted by molar-refractivity contribution is 1.06.